The molecule has 2 heterocycles. The Bertz CT molecular complexity index is 1140. The van der Waals surface area contributed by atoms with Crippen LogP contribution in [0.1, 0.15) is 13.8 Å². The first-order valence-corrected chi connectivity index (χ1v) is 10.9. The van der Waals surface area contributed by atoms with Crippen LogP contribution in [0.15, 0.2) is 62.8 Å². The molecular weight excluding hydrogens is 410 g/mol. The molecule has 3 aromatic rings. The van der Waals surface area contributed by atoms with Crippen molar-refractivity contribution in [2.45, 2.75) is 25.3 Å². The van der Waals surface area contributed by atoms with Gasteiger partial charge in [0.15, 0.2) is 5.76 Å². The van der Waals surface area contributed by atoms with Crippen LogP contribution in [0.3, 0.4) is 0 Å². The van der Waals surface area contributed by atoms with Gasteiger partial charge in [-0.1, -0.05) is 0 Å². The number of hydrogen-bond acceptors (Lipinski definition) is 7. The van der Waals surface area contributed by atoms with Gasteiger partial charge >= 0.3 is 0 Å². The van der Waals surface area contributed by atoms with Crippen molar-refractivity contribution in [2.75, 3.05) is 19.8 Å². The molecule has 0 unspecified atom stereocenters. The van der Waals surface area contributed by atoms with E-state index in [9.17, 15) is 13.2 Å². The van der Waals surface area contributed by atoms with Gasteiger partial charge in [-0.2, -0.15) is 5.10 Å². The Balaban J connectivity index is 1.77. The summed E-state index contributed by atoms with van der Waals surface area (Å²) in [6, 6.07) is 11.0. The van der Waals surface area contributed by atoms with Crippen LogP contribution in [0.5, 0.6) is 11.5 Å². The fourth-order valence-corrected chi connectivity index (χ4v) is 3.94. The third kappa shape index (κ3) is 5.08. The molecule has 0 bridgehead atoms. The smallest absolute Gasteiger partial charge is 0.266 e. The number of furan rings is 1. The predicted octanol–water partition coefficient (Wildman–Crippen LogP) is 2.28. The number of nitrogens with one attached hydrogen (secondary N) is 1. The summed E-state index contributed by atoms with van der Waals surface area (Å²) in [6.45, 7) is 4.30. The molecule has 3 rings (SSSR count). The van der Waals surface area contributed by atoms with E-state index in [1.54, 1.807) is 37.3 Å². The monoisotopic (exact) mass is 433 g/mol. The van der Waals surface area contributed by atoms with E-state index in [0.717, 1.165) is 0 Å². The topological polar surface area (TPSA) is 113 Å². The van der Waals surface area contributed by atoms with Crippen LogP contribution in [0.25, 0.3) is 11.5 Å². The van der Waals surface area contributed by atoms with Crippen LogP contribution in [0.4, 0.5) is 0 Å². The van der Waals surface area contributed by atoms with Crippen molar-refractivity contribution < 1.29 is 22.3 Å². The van der Waals surface area contributed by atoms with E-state index in [4.69, 9.17) is 13.9 Å². The van der Waals surface area contributed by atoms with E-state index in [1.807, 2.05) is 6.92 Å². The van der Waals surface area contributed by atoms with Crippen LogP contribution in [-0.2, 0) is 16.6 Å². The maximum absolute atomic E-state index is 12.8. The molecule has 0 saturated carbocycles. The second-order valence-corrected chi connectivity index (χ2v) is 7.86. The standard InChI is InChI=1S/C20H23N3O6S/c1-3-27-15-7-9-18(28-4-2)19(14-15)30(25,26)21-11-12-23-20(24)10-8-16(22-23)17-6-5-13-29-17/h5-10,13-14,21H,3-4,11-12H2,1-2H3. The molecule has 0 aliphatic carbocycles. The molecule has 0 spiro atoms. The zero-order valence-corrected chi connectivity index (χ0v) is 17.5. The third-order valence-electron chi connectivity index (χ3n) is 4.07. The van der Waals surface area contributed by atoms with Crippen LogP contribution in [0.2, 0.25) is 0 Å². The van der Waals surface area contributed by atoms with Gasteiger partial charge in [0.1, 0.15) is 22.1 Å². The highest BCUT2D eigenvalue weighted by molar-refractivity contribution is 7.89. The SMILES string of the molecule is CCOc1ccc(OCC)c(S(=O)(=O)NCCn2nc(-c3ccco3)ccc2=O)c1. The number of nitrogens with zero attached hydrogens (tertiary/aromatic N) is 2. The average Bonchev–Trinajstić information content (AvgIpc) is 3.25. The van der Waals surface area contributed by atoms with Crippen LogP contribution >= 0.6 is 0 Å². The Morgan fingerprint density at radius 3 is 2.60 bits per heavy atom. The fourth-order valence-electron chi connectivity index (χ4n) is 2.76. The summed E-state index contributed by atoms with van der Waals surface area (Å²) in [4.78, 5) is 12.1. The van der Waals surface area contributed by atoms with Gasteiger partial charge in [0, 0.05) is 18.7 Å². The molecule has 0 aliphatic rings. The second kappa shape index (κ2) is 9.59. The number of ether oxygens (including phenoxy) is 2. The minimum atomic E-state index is -3.91. The number of sulfonamides is 1. The molecule has 0 aliphatic heterocycles. The summed E-state index contributed by atoms with van der Waals surface area (Å²) in [7, 11) is -3.91. The van der Waals surface area contributed by atoms with Crippen LogP contribution in [-0.4, -0.2) is 38.0 Å². The van der Waals surface area contributed by atoms with E-state index < -0.39 is 10.0 Å². The molecule has 0 atom stereocenters. The Hall–Kier alpha value is -3.11. The van der Waals surface area contributed by atoms with E-state index >= 15 is 0 Å². The van der Waals surface area contributed by atoms with Gasteiger partial charge < -0.3 is 13.9 Å². The highest BCUT2D eigenvalue weighted by Crippen LogP contribution is 2.28. The van der Waals surface area contributed by atoms with Crippen molar-refractivity contribution in [3.8, 4) is 23.0 Å². The Morgan fingerprint density at radius 1 is 1.10 bits per heavy atom. The van der Waals surface area contributed by atoms with Gasteiger partial charge in [-0.3, -0.25) is 4.79 Å². The molecule has 1 N–H and O–H groups in total. The van der Waals surface area contributed by atoms with Gasteiger partial charge in [0.25, 0.3) is 5.56 Å². The van der Waals surface area contributed by atoms with Gasteiger partial charge in [-0.25, -0.2) is 17.8 Å². The second-order valence-electron chi connectivity index (χ2n) is 6.13. The lowest BCUT2D eigenvalue weighted by Crippen LogP contribution is -2.32. The maximum Gasteiger partial charge on any atom is 0.266 e. The molecule has 30 heavy (non-hydrogen) atoms. The largest absolute Gasteiger partial charge is 0.494 e. The quantitative estimate of drug-likeness (QED) is 0.522. The molecule has 1 aromatic carbocycles. The van der Waals surface area contributed by atoms with Crippen molar-refractivity contribution in [3.05, 3.63) is 59.1 Å². The maximum atomic E-state index is 12.8. The Labute approximate surface area is 174 Å². The lowest BCUT2D eigenvalue weighted by atomic mass is 10.3. The summed E-state index contributed by atoms with van der Waals surface area (Å²) in [5, 5.41) is 4.22. The first-order valence-electron chi connectivity index (χ1n) is 9.46. The predicted molar refractivity (Wildman–Crippen MR) is 110 cm³/mol. The minimum absolute atomic E-state index is 0.0278. The number of aromatic nitrogens is 2. The molecule has 10 heteroatoms. The van der Waals surface area contributed by atoms with Crippen molar-refractivity contribution in [1.29, 1.82) is 0 Å². The molecule has 2 aromatic heterocycles. The molecular formula is C20H23N3O6S. The lowest BCUT2D eigenvalue weighted by Gasteiger charge is -2.14. The third-order valence-corrected chi connectivity index (χ3v) is 5.55. The van der Waals surface area contributed by atoms with E-state index in [0.29, 0.717) is 30.4 Å². The summed E-state index contributed by atoms with van der Waals surface area (Å²) < 4.78 is 45.5. The first-order chi connectivity index (χ1) is 14.4. The average molecular weight is 433 g/mol. The molecule has 160 valence electrons. The molecule has 0 saturated heterocycles. The van der Waals surface area contributed by atoms with Crippen molar-refractivity contribution in [2.24, 2.45) is 0 Å². The van der Waals surface area contributed by atoms with Crippen LogP contribution < -0.4 is 19.8 Å². The minimum Gasteiger partial charge on any atom is -0.494 e. The number of hydrogen-bond donors (Lipinski definition) is 1. The molecule has 0 radical (unpaired) electrons. The number of rotatable bonds is 10. The molecule has 9 nitrogen and oxygen atoms in total. The van der Waals surface area contributed by atoms with E-state index in [1.165, 1.54) is 23.1 Å². The fraction of sp³-hybridized carbons (Fsp3) is 0.300. The van der Waals surface area contributed by atoms with Crippen LogP contribution in [0, 0.1) is 0 Å². The van der Waals surface area contributed by atoms with Crippen molar-refractivity contribution in [1.82, 2.24) is 14.5 Å². The highest BCUT2D eigenvalue weighted by Gasteiger charge is 2.21. The molecule has 0 amide bonds. The summed E-state index contributed by atoms with van der Waals surface area (Å²) in [5.74, 6) is 1.16. The Kier molecular flexibility index (Phi) is 6.91. The molecule has 0 fully saturated rings. The number of benzene rings is 1. The highest BCUT2D eigenvalue weighted by atomic mass is 32.2. The summed E-state index contributed by atoms with van der Waals surface area (Å²) in [5.41, 5.74) is 0.128. The first kappa shape index (κ1) is 21.6. The van der Waals surface area contributed by atoms with Crippen molar-refractivity contribution >= 4 is 10.0 Å². The lowest BCUT2D eigenvalue weighted by molar-refractivity contribution is 0.322. The van der Waals surface area contributed by atoms with Crippen molar-refractivity contribution in [3.63, 3.8) is 0 Å². The Morgan fingerprint density at radius 2 is 1.90 bits per heavy atom. The zero-order valence-electron chi connectivity index (χ0n) is 16.7. The van der Waals surface area contributed by atoms with E-state index in [2.05, 4.69) is 9.82 Å². The summed E-state index contributed by atoms with van der Waals surface area (Å²) >= 11 is 0. The zero-order chi connectivity index (χ0) is 21.6. The normalized spacial score (nSPS) is 11.4. The van der Waals surface area contributed by atoms with Gasteiger partial charge in [0.05, 0.1) is 26.0 Å². The van der Waals surface area contributed by atoms with Gasteiger partial charge in [-0.15, -0.1) is 0 Å². The van der Waals surface area contributed by atoms with E-state index in [-0.39, 0.29) is 29.3 Å². The van der Waals surface area contributed by atoms with Gasteiger partial charge in [0.2, 0.25) is 10.0 Å². The summed E-state index contributed by atoms with van der Waals surface area (Å²) in [6.07, 6.45) is 1.51. The van der Waals surface area contributed by atoms with Gasteiger partial charge in [-0.05, 0) is 44.2 Å².